The fourth-order valence-electron chi connectivity index (χ4n) is 2.78. The average Bonchev–Trinajstić information content (AvgIpc) is 3.03. The third-order valence-corrected chi connectivity index (χ3v) is 5.98. The highest BCUT2D eigenvalue weighted by Gasteiger charge is 2.17. The molecule has 3 N–H and O–H groups in total. The molecular weight excluding hydrogens is 441 g/mol. The van der Waals surface area contributed by atoms with Crippen LogP contribution in [-0.4, -0.2) is 26.5 Å². The van der Waals surface area contributed by atoms with Crippen molar-refractivity contribution in [2.24, 2.45) is 0 Å². The fourth-order valence-corrected chi connectivity index (χ4v) is 4.36. The Morgan fingerprint density at radius 3 is 2.35 bits per heavy atom. The zero-order chi connectivity index (χ0) is 22.8. The Morgan fingerprint density at radius 2 is 1.68 bits per heavy atom. The van der Waals surface area contributed by atoms with E-state index in [1.54, 1.807) is 32.0 Å². The summed E-state index contributed by atoms with van der Waals surface area (Å²) in [4.78, 5) is 25.4. The fraction of sp³-hybridized carbons (Fsp3) is 0.143. The number of hydrogen-bond donors (Lipinski definition) is 3. The van der Waals surface area contributed by atoms with Crippen molar-refractivity contribution >= 4 is 49.6 Å². The minimum atomic E-state index is -3.46. The maximum absolute atomic E-state index is 13.3. The highest BCUT2D eigenvalue weighted by Crippen LogP contribution is 2.29. The van der Waals surface area contributed by atoms with Crippen LogP contribution in [0.5, 0.6) is 0 Å². The summed E-state index contributed by atoms with van der Waals surface area (Å²) in [5.41, 5.74) is 2.31. The Labute approximate surface area is 183 Å². The Hall–Kier alpha value is -3.24. The molecule has 2 aromatic carbocycles. The molecule has 162 valence electrons. The van der Waals surface area contributed by atoms with Gasteiger partial charge in [0.05, 0.1) is 21.8 Å². The number of aryl methyl sites for hydroxylation is 2. The smallest absolute Gasteiger partial charge is 0.266 e. The summed E-state index contributed by atoms with van der Waals surface area (Å²) in [6, 6.07) is 11.8. The minimum absolute atomic E-state index is 0.169. The molecule has 1 heterocycles. The van der Waals surface area contributed by atoms with Crippen LogP contribution in [0.25, 0.3) is 0 Å². The maximum atomic E-state index is 13.3. The van der Waals surface area contributed by atoms with E-state index in [9.17, 15) is 22.4 Å². The van der Waals surface area contributed by atoms with Gasteiger partial charge in [-0.1, -0.05) is 12.1 Å². The molecule has 3 aromatic rings. The molecule has 0 aliphatic carbocycles. The van der Waals surface area contributed by atoms with Gasteiger partial charge in [-0.2, -0.15) is 0 Å². The lowest BCUT2D eigenvalue weighted by atomic mass is 10.2. The number of thiophene rings is 1. The van der Waals surface area contributed by atoms with Crippen molar-refractivity contribution in [1.29, 1.82) is 0 Å². The zero-order valence-electron chi connectivity index (χ0n) is 16.9. The van der Waals surface area contributed by atoms with Crippen molar-refractivity contribution in [2.75, 3.05) is 21.6 Å². The molecule has 0 unspecified atom stereocenters. The molecule has 0 aliphatic heterocycles. The highest BCUT2D eigenvalue weighted by molar-refractivity contribution is 7.92. The second-order valence-electron chi connectivity index (χ2n) is 6.95. The van der Waals surface area contributed by atoms with Gasteiger partial charge >= 0.3 is 0 Å². The van der Waals surface area contributed by atoms with E-state index in [0.29, 0.717) is 32.4 Å². The first kappa shape index (κ1) is 22.4. The minimum Gasteiger partial charge on any atom is -0.321 e. The molecular formula is C21H20FN3O4S2. The van der Waals surface area contributed by atoms with Crippen LogP contribution >= 0.6 is 11.3 Å². The van der Waals surface area contributed by atoms with E-state index in [2.05, 4.69) is 15.4 Å². The molecule has 7 nitrogen and oxygen atoms in total. The molecule has 0 spiro atoms. The Morgan fingerprint density at radius 1 is 0.935 bits per heavy atom. The number of anilines is 3. The lowest BCUT2D eigenvalue weighted by Gasteiger charge is -2.11. The average molecular weight is 462 g/mol. The van der Waals surface area contributed by atoms with E-state index in [0.717, 1.165) is 23.7 Å². The van der Waals surface area contributed by atoms with E-state index in [1.807, 2.05) is 0 Å². The number of sulfonamides is 1. The highest BCUT2D eigenvalue weighted by atomic mass is 32.2. The van der Waals surface area contributed by atoms with Crippen LogP contribution in [0, 0.1) is 19.7 Å². The number of amides is 2. The van der Waals surface area contributed by atoms with Gasteiger partial charge in [0.15, 0.2) is 0 Å². The molecule has 31 heavy (non-hydrogen) atoms. The molecule has 0 saturated carbocycles. The first-order valence-corrected chi connectivity index (χ1v) is 11.8. The summed E-state index contributed by atoms with van der Waals surface area (Å²) in [6.45, 7) is 3.48. The standard InChI is InChI=1S/C21H20FN3O4S2/c1-12-7-8-16(11-17(12)25-31(3,28)29)23-21(27)19-13(2)9-18(30-19)24-20(26)14-5-4-6-15(22)10-14/h4-11,25H,1-3H3,(H,23,27)(H,24,26). The van der Waals surface area contributed by atoms with Crippen molar-refractivity contribution in [3.8, 4) is 0 Å². The van der Waals surface area contributed by atoms with Gasteiger partial charge in [0.25, 0.3) is 11.8 Å². The summed E-state index contributed by atoms with van der Waals surface area (Å²) in [7, 11) is -3.46. The van der Waals surface area contributed by atoms with Crippen LogP contribution in [0.4, 0.5) is 20.8 Å². The molecule has 1 aromatic heterocycles. The first-order valence-electron chi connectivity index (χ1n) is 9.09. The Bertz CT molecular complexity index is 1270. The predicted octanol–water partition coefficient (Wildman–Crippen LogP) is 4.38. The van der Waals surface area contributed by atoms with Gasteiger partial charge < -0.3 is 10.6 Å². The third-order valence-electron chi connectivity index (χ3n) is 4.24. The van der Waals surface area contributed by atoms with Gasteiger partial charge in [0, 0.05) is 11.3 Å². The molecule has 0 atom stereocenters. The molecule has 0 bridgehead atoms. The van der Waals surface area contributed by atoms with Crippen LogP contribution in [0.15, 0.2) is 48.5 Å². The second-order valence-corrected chi connectivity index (χ2v) is 9.75. The van der Waals surface area contributed by atoms with Gasteiger partial charge in [-0.15, -0.1) is 11.3 Å². The molecule has 0 radical (unpaired) electrons. The van der Waals surface area contributed by atoms with E-state index >= 15 is 0 Å². The summed E-state index contributed by atoms with van der Waals surface area (Å²) in [6.07, 6.45) is 1.05. The van der Waals surface area contributed by atoms with Crippen LogP contribution in [0.2, 0.25) is 0 Å². The van der Waals surface area contributed by atoms with Gasteiger partial charge in [-0.3, -0.25) is 14.3 Å². The Balaban J connectivity index is 1.75. The molecule has 0 aliphatic rings. The first-order chi connectivity index (χ1) is 14.5. The van der Waals surface area contributed by atoms with Crippen molar-refractivity contribution in [3.63, 3.8) is 0 Å². The number of rotatable bonds is 6. The SMILES string of the molecule is Cc1ccc(NC(=O)c2sc(NC(=O)c3cccc(F)c3)cc2C)cc1NS(C)(=O)=O. The number of carbonyl (C=O) groups is 2. The lowest BCUT2D eigenvalue weighted by Crippen LogP contribution is -2.13. The summed E-state index contributed by atoms with van der Waals surface area (Å²) in [5.74, 6) is -1.40. The molecule has 10 heteroatoms. The van der Waals surface area contributed by atoms with Crippen molar-refractivity contribution in [2.45, 2.75) is 13.8 Å². The van der Waals surface area contributed by atoms with E-state index in [1.165, 1.54) is 24.3 Å². The van der Waals surface area contributed by atoms with Crippen LogP contribution in [0.1, 0.15) is 31.2 Å². The van der Waals surface area contributed by atoms with E-state index in [-0.39, 0.29) is 5.56 Å². The van der Waals surface area contributed by atoms with Crippen LogP contribution in [-0.2, 0) is 10.0 Å². The van der Waals surface area contributed by atoms with Crippen LogP contribution in [0.3, 0.4) is 0 Å². The largest absolute Gasteiger partial charge is 0.321 e. The van der Waals surface area contributed by atoms with E-state index < -0.39 is 27.7 Å². The van der Waals surface area contributed by atoms with Crippen LogP contribution < -0.4 is 15.4 Å². The zero-order valence-corrected chi connectivity index (χ0v) is 18.6. The number of benzene rings is 2. The molecule has 2 amide bonds. The second kappa shape index (κ2) is 8.86. The molecule has 0 saturated heterocycles. The monoisotopic (exact) mass is 461 g/mol. The molecule has 3 rings (SSSR count). The van der Waals surface area contributed by atoms with Gasteiger partial charge in [0.1, 0.15) is 5.82 Å². The Kier molecular flexibility index (Phi) is 6.42. The summed E-state index contributed by atoms with van der Waals surface area (Å²) >= 11 is 1.08. The summed E-state index contributed by atoms with van der Waals surface area (Å²) < 4.78 is 38.8. The number of hydrogen-bond acceptors (Lipinski definition) is 5. The van der Waals surface area contributed by atoms with Gasteiger partial charge in [-0.25, -0.2) is 12.8 Å². The third kappa shape index (κ3) is 5.89. The molecule has 0 fully saturated rings. The van der Waals surface area contributed by atoms with Crippen molar-refractivity contribution in [3.05, 3.63) is 75.9 Å². The van der Waals surface area contributed by atoms with E-state index in [4.69, 9.17) is 0 Å². The predicted molar refractivity (Wildman–Crippen MR) is 121 cm³/mol. The quantitative estimate of drug-likeness (QED) is 0.507. The number of halogens is 1. The number of nitrogens with one attached hydrogen (secondary N) is 3. The lowest BCUT2D eigenvalue weighted by molar-refractivity contribution is 0.101. The van der Waals surface area contributed by atoms with Crippen molar-refractivity contribution in [1.82, 2.24) is 0 Å². The maximum Gasteiger partial charge on any atom is 0.266 e. The van der Waals surface area contributed by atoms with Gasteiger partial charge in [0.2, 0.25) is 10.0 Å². The van der Waals surface area contributed by atoms with Gasteiger partial charge in [-0.05, 0) is 61.4 Å². The van der Waals surface area contributed by atoms with Crippen molar-refractivity contribution < 1.29 is 22.4 Å². The normalized spacial score (nSPS) is 11.1. The summed E-state index contributed by atoms with van der Waals surface area (Å²) in [5, 5.41) is 5.84. The number of carbonyl (C=O) groups excluding carboxylic acids is 2. The topological polar surface area (TPSA) is 104 Å².